The summed E-state index contributed by atoms with van der Waals surface area (Å²) in [5, 5.41) is 8.74. The molecule has 0 bridgehead atoms. The van der Waals surface area contributed by atoms with Crippen LogP contribution in [-0.4, -0.2) is 39.1 Å². The largest absolute Gasteiger partial charge is 0.477 e. The fourth-order valence-corrected chi connectivity index (χ4v) is 3.64. The van der Waals surface area contributed by atoms with Gasteiger partial charge in [0.1, 0.15) is 17.1 Å². The van der Waals surface area contributed by atoms with Crippen molar-refractivity contribution in [2.75, 3.05) is 5.75 Å². The van der Waals surface area contributed by atoms with Gasteiger partial charge in [0.15, 0.2) is 0 Å². The lowest BCUT2D eigenvalue weighted by atomic mass is 10.1. The molecular formula is C7H7IN2O3S. The zero-order chi connectivity index (χ0) is 10.5. The van der Waals surface area contributed by atoms with E-state index in [1.165, 1.54) is 16.7 Å². The van der Waals surface area contributed by atoms with E-state index in [-0.39, 0.29) is 17.0 Å². The van der Waals surface area contributed by atoms with Crippen molar-refractivity contribution in [2.24, 2.45) is 5.73 Å². The smallest absolute Gasteiger partial charge is 0.353 e. The molecule has 0 aliphatic carbocycles. The summed E-state index contributed by atoms with van der Waals surface area (Å²) in [5.41, 5.74) is 5.65. The number of hydrogen-bond acceptors (Lipinski definition) is 4. The SMILES string of the molecule is NC1C(=O)N2C(C(=O)O)=C(I)CS[C@@H]12. The summed E-state index contributed by atoms with van der Waals surface area (Å²) in [4.78, 5) is 23.5. The average Bonchev–Trinajstić information content (AvgIpc) is 2.15. The van der Waals surface area contributed by atoms with Crippen LogP contribution in [0.25, 0.3) is 0 Å². The topological polar surface area (TPSA) is 83.6 Å². The molecule has 2 aliphatic heterocycles. The zero-order valence-electron chi connectivity index (χ0n) is 6.94. The van der Waals surface area contributed by atoms with Gasteiger partial charge in [-0.2, -0.15) is 0 Å². The van der Waals surface area contributed by atoms with Crippen LogP contribution in [0.4, 0.5) is 0 Å². The van der Waals surface area contributed by atoms with Gasteiger partial charge in [-0.15, -0.1) is 11.8 Å². The number of carboxylic acids is 1. The number of fused-ring (bicyclic) bond motifs is 1. The van der Waals surface area contributed by atoms with Crippen LogP contribution in [0.1, 0.15) is 0 Å². The first-order chi connectivity index (χ1) is 6.54. The lowest BCUT2D eigenvalue weighted by molar-refractivity contribution is -0.147. The molecule has 0 aromatic heterocycles. The third-order valence-electron chi connectivity index (χ3n) is 2.17. The fourth-order valence-electron chi connectivity index (χ4n) is 1.48. The number of β-lactam (4-membered cyclic amide) rings is 1. The predicted molar refractivity (Wildman–Crippen MR) is 59.7 cm³/mol. The number of nitrogens with two attached hydrogens (primary N) is 1. The number of amides is 1. The zero-order valence-corrected chi connectivity index (χ0v) is 9.91. The van der Waals surface area contributed by atoms with E-state index in [2.05, 4.69) is 0 Å². The molecule has 1 amide bonds. The summed E-state index contributed by atoms with van der Waals surface area (Å²) in [6, 6.07) is -0.543. The van der Waals surface area contributed by atoms with E-state index >= 15 is 0 Å². The van der Waals surface area contributed by atoms with E-state index in [0.29, 0.717) is 9.33 Å². The minimum Gasteiger partial charge on any atom is -0.477 e. The number of carbonyl (C=O) groups excluding carboxylic acids is 1. The summed E-state index contributed by atoms with van der Waals surface area (Å²) in [6.45, 7) is 0. The van der Waals surface area contributed by atoms with Gasteiger partial charge in [-0.3, -0.25) is 9.69 Å². The molecule has 0 spiro atoms. The van der Waals surface area contributed by atoms with Gasteiger partial charge in [0.2, 0.25) is 5.91 Å². The molecule has 3 N–H and O–H groups in total. The van der Waals surface area contributed by atoms with Gasteiger partial charge in [-0.1, -0.05) is 0 Å². The highest BCUT2D eigenvalue weighted by Gasteiger charge is 2.51. The molecule has 7 heteroatoms. The minimum absolute atomic E-state index is 0.0982. The number of halogens is 1. The highest BCUT2D eigenvalue weighted by molar-refractivity contribution is 14.1. The summed E-state index contributed by atoms with van der Waals surface area (Å²) >= 11 is 3.46. The van der Waals surface area contributed by atoms with E-state index in [4.69, 9.17) is 10.8 Å². The van der Waals surface area contributed by atoms with Crippen molar-refractivity contribution < 1.29 is 14.7 Å². The van der Waals surface area contributed by atoms with Crippen molar-refractivity contribution in [3.63, 3.8) is 0 Å². The lowest BCUT2D eigenvalue weighted by Gasteiger charge is -2.47. The van der Waals surface area contributed by atoms with Gasteiger partial charge < -0.3 is 10.8 Å². The number of carbonyl (C=O) groups is 2. The van der Waals surface area contributed by atoms with Gasteiger partial charge in [0.25, 0.3) is 0 Å². The minimum atomic E-state index is -1.06. The quantitative estimate of drug-likeness (QED) is 0.522. The Kier molecular flexibility index (Phi) is 2.48. The molecule has 0 saturated carbocycles. The molecule has 1 fully saturated rings. The first-order valence-electron chi connectivity index (χ1n) is 3.86. The molecule has 0 radical (unpaired) electrons. The van der Waals surface area contributed by atoms with Crippen molar-refractivity contribution in [1.82, 2.24) is 4.90 Å². The van der Waals surface area contributed by atoms with Gasteiger partial charge in [-0.05, 0) is 22.6 Å². The van der Waals surface area contributed by atoms with Crippen LogP contribution in [0, 0.1) is 0 Å². The van der Waals surface area contributed by atoms with Crippen LogP contribution >= 0.6 is 34.4 Å². The number of thioether (sulfide) groups is 1. The average molecular weight is 326 g/mol. The molecular weight excluding hydrogens is 319 g/mol. The molecule has 1 saturated heterocycles. The van der Waals surface area contributed by atoms with Crippen molar-refractivity contribution in [2.45, 2.75) is 11.4 Å². The molecule has 2 rings (SSSR count). The first kappa shape index (κ1) is 10.2. The standard InChI is InChI=1S/C7H7IN2O3S/c8-2-1-14-6-3(9)5(11)10(6)4(2)7(12)13/h3,6H,1,9H2,(H,12,13)/t3?,6-/m0/s1. The van der Waals surface area contributed by atoms with Crippen LogP contribution in [0.2, 0.25) is 0 Å². The normalized spacial score (nSPS) is 31.3. The Bertz CT molecular complexity index is 357. The second kappa shape index (κ2) is 3.38. The van der Waals surface area contributed by atoms with E-state index in [9.17, 15) is 9.59 Å². The number of nitrogens with zero attached hydrogens (tertiary/aromatic N) is 1. The summed E-state index contributed by atoms with van der Waals surface area (Å²) in [5.74, 6) is -0.738. The molecule has 14 heavy (non-hydrogen) atoms. The van der Waals surface area contributed by atoms with Crippen molar-refractivity contribution >= 4 is 46.2 Å². The number of carboxylic acid groups (broad SMARTS) is 1. The van der Waals surface area contributed by atoms with Gasteiger partial charge in [0, 0.05) is 9.33 Å². The third kappa shape index (κ3) is 1.26. The number of hydrogen-bond donors (Lipinski definition) is 2. The molecule has 2 atom stereocenters. The van der Waals surface area contributed by atoms with Crippen LogP contribution in [0.3, 0.4) is 0 Å². The fraction of sp³-hybridized carbons (Fsp3) is 0.429. The maximum Gasteiger partial charge on any atom is 0.353 e. The second-order valence-corrected chi connectivity index (χ2v) is 5.40. The van der Waals surface area contributed by atoms with E-state index in [1.807, 2.05) is 22.6 Å². The van der Waals surface area contributed by atoms with Crippen molar-refractivity contribution in [1.29, 1.82) is 0 Å². The first-order valence-corrected chi connectivity index (χ1v) is 5.99. The Morgan fingerprint density at radius 3 is 2.93 bits per heavy atom. The monoisotopic (exact) mass is 326 g/mol. The summed E-state index contributed by atoms with van der Waals surface area (Å²) < 4.78 is 0.691. The molecule has 76 valence electrons. The number of rotatable bonds is 1. The Morgan fingerprint density at radius 1 is 1.71 bits per heavy atom. The molecule has 1 unspecified atom stereocenters. The predicted octanol–water partition coefficient (Wildman–Crippen LogP) is -0.0400. The second-order valence-electron chi connectivity index (χ2n) is 2.99. The van der Waals surface area contributed by atoms with E-state index < -0.39 is 12.0 Å². The maximum atomic E-state index is 11.3. The number of aliphatic carboxylic acids is 1. The van der Waals surface area contributed by atoms with Crippen molar-refractivity contribution in [3.8, 4) is 0 Å². The molecule has 5 nitrogen and oxygen atoms in total. The Balaban J connectivity index is 2.37. The Morgan fingerprint density at radius 2 is 2.36 bits per heavy atom. The maximum absolute atomic E-state index is 11.3. The van der Waals surface area contributed by atoms with Crippen LogP contribution in [0.5, 0.6) is 0 Å². The molecule has 2 aliphatic rings. The third-order valence-corrected chi connectivity index (χ3v) is 4.88. The van der Waals surface area contributed by atoms with Gasteiger partial charge >= 0.3 is 5.97 Å². The van der Waals surface area contributed by atoms with E-state index in [1.54, 1.807) is 0 Å². The summed E-state index contributed by atoms with van der Waals surface area (Å²) in [6.07, 6.45) is 0. The summed E-state index contributed by atoms with van der Waals surface area (Å²) in [7, 11) is 0. The Labute approximate surface area is 97.8 Å². The van der Waals surface area contributed by atoms with Crippen molar-refractivity contribution in [3.05, 3.63) is 9.28 Å². The molecule has 0 aromatic carbocycles. The highest BCUT2D eigenvalue weighted by Crippen LogP contribution is 2.41. The van der Waals surface area contributed by atoms with Gasteiger partial charge in [-0.25, -0.2) is 4.79 Å². The lowest BCUT2D eigenvalue weighted by Crippen LogP contribution is -2.68. The van der Waals surface area contributed by atoms with E-state index in [0.717, 1.165) is 0 Å². The Hall–Kier alpha value is -0.280. The van der Waals surface area contributed by atoms with Crippen LogP contribution in [0.15, 0.2) is 9.28 Å². The molecule has 0 aromatic rings. The van der Waals surface area contributed by atoms with Gasteiger partial charge in [0.05, 0.1) is 0 Å². The molecule has 2 heterocycles. The highest BCUT2D eigenvalue weighted by atomic mass is 127. The van der Waals surface area contributed by atoms with Crippen LogP contribution < -0.4 is 5.73 Å². The van der Waals surface area contributed by atoms with Crippen LogP contribution in [-0.2, 0) is 9.59 Å².